The molecule has 1 aliphatic rings. The topological polar surface area (TPSA) is 58.6 Å². The molecule has 0 aliphatic carbocycles. The van der Waals surface area contributed by atoms with E-state index in [1.807, 2.05) is 0 Å². The predicted octanol–water partition coefficient (Wildman–Crippen LogP) is 3.26. The third-order valence-corrected chi connectivity index (χ3v) is 4.10. The quantitative estimate of drug-likeness (QED) is 0.846. The number of carbonyl (C=O) groups excluding carboxylic acids is 2. The van der Waals surface area contributed by atoms with Gasteiger partial charge >= 0.3 is 6.09 Å². The molecule has 0 radical (unpaired) electrons. The highest BCUT2D eigenvalue weighted by Gasteiger charge is 2.29. The standard InChI is InChI=1S/C17H22BrFN2O3/c1-17(2,3)24-16(23)20-13-6-7-21(10-13)15(22)9-11-8-12(18)4-5-14(11)19/h4-5,8,13H,6-7,9-10H2,1-3H3,(H,20,23). The molecule has 0 bridgehead atoms. The second kappa shape index (κ2) is 7.51. The molecule has 0 aromatic heterocycles. The van der Waals surface area contributed by atoms with Crippen LogP contribution in [-0.2, 0) is 16.0 Å². The van der Waals surface area contributed by atoms with Gasteiger partial charge in [0.2, 0.25) is 5.91 Å². The smallest absolute Gasteiger partial charge is 0.407 e. The van der Waals surface area contributed by atoms with E-state index in [2.05, 4.69) is 21.2 Å². The predicted molar refractivity (Wildman–Crippen MR) is 92.2 cm³/mol. The van der Waals surface area contributed by atoms with Gasteiger partial charge in [0.25, 0.3) is 0 Å². The summed E-state index contributed by atoms with van der Waals surface area (Å²) in [5.74, 6) is -0.547. The van der Waals surface area contributed by atoms with Crippen LogP contribution < -0.4 is 5.32 Å². The van der Waals surface area contributed by atoms with Crippen molar-refractivity contribution >= 4 is 27.9 Å². The van der Waals surface area contributed by atoms with Crippen molar-refractivity contribution in [3.05, 3.63) is 34.1 Å². The summed E-state index contributed by atoms with van der Waals surface area (Å²) >= 11 is 3.28. The van der Waals surface area contributed by atoms with Crippen molar-refractivity contribution in [1.82, 2.24) is 10.2 Å². The number of benzene rings is 1. The van der Waals surface area contributed by atoms with E-state index < -0.39 is 17.5 Å². The highest BCUT2D eigenvalue weighted by molar-refractivity contribution is 9.10. The lowest BCUT2D eigenvalue weighted by atomic mass is 10.1. The fourth-order valence-electron chi connectivity index (χ4n) is 2.53. The molecule has 7 heteroatoms. The number of likely N-dealkylation sites (tertiary alicyclic amines) is 1. The molecule has 0 saturated carbocycles. The third kappa shape index (κ3) is 5.47. The average molecular weight is 401 g/mol. The van der Waals surface area contributed by atoms with E-state index >= 15 is 0 Å². The minimum atomic E-state index is -0.559. The first kappa shape index (κ1) is 18.7. The Hall–Kier alpha value is -1.63. The van der Waals surface area contributed by atoms with Crippen LogP contribution in [0.4, 0.5) is 9.18 Å². The Morgan fingerprint density at radius 2 is 2.12 bits per heavy atom. The van der Waals surface area contributed by atoms with E-state index in [1.54, 1.807) is 37.8 Å². The zero-order chi connectivity index (χ0) is 17.9. The molecule has 1 saturated heterocycles. The van der Waals surface area contributed by atoms with E-state index in [0.29, 0.717) is 25.1 Å². The van der Waals surface area contributed by atoms with Crippen LogP contribution in [0, 0.1) is 5.82 Å². The van der Waals surface area contributed by atoms with Crippen LogP contribution in [0.5, 0.6) is 0 Å². The Morgan fingerprint density at radius 1 is 1.42 bits per heavy atom. The van der Waals surface area contributed by atoms with Crippen LogP contribution in [0.15, 0.2) is 22.7 Å². The number of amides is 2. The van der Waals surface area contributed by atoms with Crippen molar-refractivity contribution < 1.29 is 18.7 Å². The molecule has 1 unspecified atom stereocenters. The molecule has 1 heterocycles. The summed E-state index contributed by atoms with van der Waals surface area (Å²) in [4.78, 5) is 25.8. The highest BCUT2D eigenvalue weighted by atomic mass is 79.9. The van der Waals surface area contributed by atoms with Gasteiger partial charge in [-0.05, 0) is 51.0 Å². The normalized spacial score (nSPS) is 17.7. The van der Waals surface area contributed by atoms with E-state index in [-0.39, 0.29) is 18.4 Å². The number of nitrogens with zero attached hydrogens (tertiary/aromatic N) is 1. The number of carbonyl (C=O) groups is 2. The third-order valence-electron chi connectivity index (χ3n) is 3.61. The highest BCUT2D eigenvalue weighted by Crippen LogP contribution is 2.18. The van der Waals surface area contributed by atoms with Gasteiger partial charge in [0.1, 0.15) is 11.4 Å². The van der Waals surface area contributed by atoms with Gasteiger partial charge in [0.05, 0.1) is 12.5 Å². The number of hydrogen-bond acceptors (Lipinski definition) is 3. The molecule has 1 atom stereocenters. The largest absolute Gasteiger partial charge is 0.444 e. The Labute approximate surface area is 149 Å². The fraction of sp³-hybridized carbons (Fsp3) is 0.529. The van der Waals surface area contributed by atoms with Crippen molar-refractivity contribution in [3.63, 3.8) is 0 Å². The maximum absolute atomic E-state index is 13.8. The van der Waals surface area contributed by atoms with Crippen LogP contribution >= 0.6 is 15.9 Å². The van der Waals surface area contributed by atoms with E-state index in [0.717, 1.165) is 4.47 Å². The van der Waals surface area contributed by atoms with Crippen LogP contribution in [0.25, 0.3) is 0 Å². The lowest BCUT2D eigenvalue weighted by Crippen LogP contribution is -2.41. The van der Waals surface area contributed by atoms with Gasteiger partial charge in [0, 0.05) is 17.6 Å². The molecule has 24 heavy (non-hydrogen) atoms. The van der Waals surface area contributed by atoms with Crippen molar-refractivity contribution in [2.75, 3.05) is 13.1 Å². The summed E-state index contributed by atoms with van der Waals surface area (Å²) in [5, 5.41) is 2.77. The van der Waals surface area contributed by atoms with Gasteiger partial charge in [-0.3, -0.25) is 4.79 Å². The molecule has 0 spiro atoms. The Bertz CT molecular complexity index is 631. The van der Waals surface area contributed by atoms with E-state index in [9.17, 15) is 14.0 Å². The zero-order valence-corrected chi connectivity index (χ0v) is 15.7. The number of nitrogens with one attached hydrogen (secondary N) is 1. The minimum absolute atomic E-state index is 0.00440. The Balaban J connectivity index is 1.87. The molecule has 5 nitrogen and oxygen atoms in total. The van der Waals surface area contributed by atoms with Gasteiger partial charge in [-0.15, -0.1) is 0 Å². The molecule has 1 aliphatic heterocycles. The number of hydrogen-bond donors (Lipinski definition) is 1. The summed E-state index contributed by atoms with van der Waals surface area (Å²) in [6.07, 6.45) is 0.177. The van der Waals surface area contributed by atoms with Crippen LogP contribution in [-0.4, -0.2) is 41.6 Å². The summed E-state index contributed by atoms with van der Waals surface area (Å²) in [5.41, 5.74) is -0.200. The van der Waals surface area contributed by atoms with Crippen LogP contribution in [0.3, 0.4) is 0 Å². The second-order valence-electron chi connectivity index (χ2n) is 6.88. The average Bonchev–Trinajstić information content (AvgIpc) is 2.89. The minimum Gasteiger partial charge on any atom is -0.444 e. The number of halogens is 2. The molecule has 2 rings (SSSR count). The molecule has 1 aromatic carbocycles. The first-order valence-electron chi connectivity index (χ1n) is 7.85. The van der Waals surface area contributed by atoms with Crippen molar-refractivity contribution in [2.24, 2.45) is 0 Å². The van der Waals surface area contributed by atoms with Crippen LogP contribution in [0.2, 0.25) is 0 Å². The second-order valence-corrected chi connectivity index (χ2v) is 7.80. The lowest BCUT2D eigenvalue weighted by Gasteiger charge is -2.22. The first-order valence-corrected chi connectivity index (χ1v) is 8.64. The van der Waals surface area contributed by atoms with E-state index in [1.165, 1.54) is 6.07 Å². The summed E-state index contributed by atoms with van der Waals surface area (Å²) in [7, 11) is 0. The Morgan fingerprint density at radius 3 is 2.79 bits per heavy atom. The van der Waals surface area contributed by atoms with Gasteiger partial charge in [0.15, 0.2) is 0 Å². The fourth-order valence-corrected chi connectivity index (χ4v) is 2.94. The molecule has 1 N–H and O–H groups in total. The summed E-state index contributed by atoms with van der Waals surface area (Å²) in [6.45, 7) is 6.33. The molecular weight excluding hydrogens is 379 g/mol. The number of ether oxygens (including phenoxy) is 1. The van der Waals surface area contributed by atoms with Crippen molar-refractivity contribution in [3.8, 4) is 0 Å². The number of rotatable bonds is 3. The zero-order valence-electron chi connectivity index (χ0n) is 14.1. The van der Waals surface area contributed by atoms with Gasteiger partial charge in [-0.1, -0.05) is 15.9 Å². The van der Waals surface area contributed by atoms with Gasteiger partial charge in [-0.2, -0.15) is 0 Å². The molecular formula is C17H22BrFN2O3. The number of alkyl carbamates (subject to hydrolysis) is 1. The maximum Gasteiger partial charge on any atom is 0.407 e. The van der Waals surface area contributed by atoms with Crippen LogP contribution in [0.1, 0.15) is 32.8 Å². The SMILES string of the molecule is CC(C)(C)OC(=O)NC1CCN(C(=O)Cc2cc(Br)ccc2F)C1. The van der Waals surface area contributed by atoms with Crippen molar-refractivity contribution in [2.45, 2.75) is 45.3 Å². The van der Waals surface area contributed by atoms with Gasteiger partial charge < -0.3 is 15.0 Å². The summed E-state index contributed by atoms with van der Waals surface area (Å²) in [6, 6.07) is 4.40. The molecule has 1 aromatic rings. The van der Waals surface area contributed by atoms with E-state index in [4.69, 9.17) is 4.74 Å². The van der Waals surface area contributed by atoms with Crippen molar-refractivity contribution in [1.29, 1.82) is 0 Å². The van der Waals surface area contributed by atoms with Gasteiger partial charge in [-0.25, -0.2) is 9.18 Å². The maximum atomic E-state index is 13.8. The summed E-state index contributed by atoms with van der Waals surface area (Å²) < 4.78 is 19.7. The Kier molecular flexibility index (Phi) is 5.85. The molecule has 1 fully saturated rings. The lowest BCUT2D eigenvalue weighted by molar-refractivity contribution is -0.129. The molecule has 132 valence electrons. The monoisotopic (exact) mass is 400 g/mol. The molecule has 2 amide bonds. The first-order chi connectivity index (χ1) is 11.1.